The normalized spacial score (nSPS) is 10.8. The van der Waals surface area contributed by atoms with E-state index in [1.165, 1.54) is 39.1 Å². The average molecular weight is 1120 g/mol. The first kappa shape index (κ1) is 58.7. The number of benzene rings is 7. The Morgan fingerprint density at radius 2 is 0.831 bits per heavy atom. The van der Waals surface area contributed by atoms with Gasteiger partial charge in [-0.2, -0.15) is 0 Å². The van der Waals surface area contributed by atoms with Gasteiger partial charge in [-0.3, -0.25) is 33.3 Å². The van der Waals surface area contributed by atoms with Gasteiger partial charge in [0.05, 0.1) is 52.0 Å². The van der Waals surface area contributed by atoms with E-state index in [2.05, 4.69) is 13.2 Å². The van der Waals surface area contributed by atoms with E-state index in [9.17, 15) is 38.4 Å². The SMILES string of the molecule is C=C(C)Oc1ccc(Oc2cc(Oc3ccc(-n4c(=O)c5cc6c(=O)n(C)c(=O)c6cc5c4=O)cc3Oc3ccc(OC(=C)C)cc3)ccc2C)cc1.CC(=O)C(=O)OCCCc1ccc(-c2ccc(CCCOC(=O)C(C)=O)cc2)cc1. The summed E-state index contributed by atoms with van der Waals surface area (Å²) < 4.78 is 41.5. The summed E-state index contributed by atoms with van der Waals surface area (Å²) in [5, 5.41) is 0.181. The lowest BCUT2D eigenvalue weighted by molar-refractivity contribution is -0.153. The summed E-state index contributed by atoms with van der Waals surface area (Å²) in [5.74, 6) is 1.95. The van der Waals surface area contributed by atoms with Crippen molar-refractivity contribution in [3.05, 3.63) is 228 Å². The largest absolute Gasteiger partial charge is 0.463 e. The van der Waals surface area contributed by atoms with Crippen LogP contribution in [0.4, 0.5) is 0 Å². The van der Waals surface area contributed by atoms with Crippen molar-refractivity contribution in [3.8, 4) is 62.8 Å². The molecule has 0 amide bonds. The van der Waals surface area contributed by atoms with Crippen LogP contribution in [-0.4, -0.2) is 45.9 Å². The van der Waals surface area contributed by atoms with Gasteiger partial charge >= 0.3 is 11.9 Å². The molecular formula is C66H58N2O15. The molecule has 0 fully saturated rings. The number of fused-ring (bicyclic) bond motifs is 2. The second-order valence-corrected chi connectivity index (χ2v) is 19.5. The summed E-state index contributed by atoms with van der Waals surface area (Å²) in [6.45, 7) is 15.8. The highest BCUT2D eigenvalue weighted by Gasteiger charge is 2.22. The fourth-order valence-corrected chi connectivity index (χ4v) is 8.63. The first-order chi connectivity index (χ1) is 39.7. The molecule has 9 rings (SSSR count). The third kappa shape index (κ3) is 14.7. The third-order valence-corrected chi connectivity index (χ3v) is 12.9. The Kier molecular flexibility index (Phi) is 18.6. The zero-order valence-corrected chi connectivity index (χ0v) is 46.5. The molecule has 83 heavy (non-hydrogen) atoms. The van der Waals surface area contributed by atoms with Gasteiger partial charge in [0, 0.05) is 33.0 Å². The number of ether oxygens (including phenoxy) is 7. The molecule has 0 saturated carbocycles. The maximum absolute atomic E-state index is 13.7. The Morgan fingerprint density at radius 1 is 0.434 bits per heavy atom. The number of allylic oxidation sites excluding steroid dienone is 2. The van der Waals surface area contributed by atoms with Gasteiger partial charge in [-0.25, -0.2) is 14.2 Å². The van der Waals surface area contributed by atoms with Gasteiger partial charge in [0.15, 0.2) is 11.5 Å². The molecule has 0 aliphatic carbocycles. The smallest absolute Gasteiger partial charge is 0.374 e. The number of hydrogen-bond donors (Lipinski definition) is 0. The lowest BCUT2D eigenvalue weighted by Crippen LogP contribution is -2.23. The molecule has 0 N–H and O–H groups in total. The van der Waals surface area contributed by atoms with Crippen LogP contribution >= 0.6 is 0 Å². The Bertz CT molecular complexity index is 3990. The standard InChI is InChI=1S/C42H32N2O9.C24H26O6/c1-23(2)49-27-10-14-29(15-11-27)51-37-20-31(9-7-25(37)5)53-36-18-8-26(19-38(36)52-30-16-12-28(13-17-30)50-24(3)4)44-41(47)34-21-32-33(22-35(34)42(44)48)40(46)43(6)39(32)45;1-17(25)23(27)29-15-3-5-19-7-11-21(12-8-19)22-13-9-20(10-14-22)6-4-16-30-24(28)18(2)26/h7-22H,1,3H2,2,4-6H3;7-14H,3-6,15-16H2,1-2H3. The number of carbonyl (C=O) groups is 4. The average Bonchev–Trinajstić information content (AvgIpc) is 4.10. The van der Waals surface area contributed by atoms with Gasteiger partial charge in [-0.15, -0.1) is 0 Å². The van der Waals surface area contributed by atoms with E-state index in [-0.39, 0.29) is 51.9 Å². The predicted molar refractivity (Wildman–Crippen MR) is 314 cm³/mol. The van der Waals surface area contributed by atoms with Crippen LogP contribution in [0.1, 0.15) is 57.2 Å². The van der Waals surface area contributed by atoms with Crippen LogP contribution in [0.15, 0.2) is 189 Å². The number of Topliss-reactive ketones (excluding diaryl/α,β-unsaturated/α-hetero) is 2. The van der Waals surface area contributed by atoms with Crippen molar-refractivity contribution in [2.24, 2.45) is 7.05 Å². The molecule has 0 atom stereocenters. The molecular weight excluding hydrogens is 1060 g/mol. The zero-order chi connectivity index (χ0) is 59.5. The molecule has 422 valence electrons. The molecule has 0 saturated heterocycles. The highest BCUT2D eigenvalue weighted by Crippen LogP contribution is 2.39. The fraction of sp³-hybridized carbons (Fsp3) is 0.182. The minimum atomic E-state index is -0.786. The third-order valence-electron chi connectivity index (χ3n) is 12.9. The van der Waals surface area contributed by atoms with Gasteiger partial charge in [0.1, 0.15) is 34.5 Å². The molecule has 0 unspecified atom stereocenters. The molecule has 17 nitrogen and oxygen atoms in total. The molecule has 2 heterocycles. The monoisotopic (exact) mass is 1120 g/mol. The topological polar surface area (TPSA) is 211 Å². The van der Waals surface area contributed by atoms with E-state index in [0.29, 0.717) is 58.9 Å². The number of esters is 2. The van der Waals surface area contributed by atoms with Gasteiger partial charge in [0.2, 0.25) is 11.6 Å². The summed E-state index contributed by atoms with van der Waals surface area (Å²) in [4.78, 5) is 96.5. The van der Waals surface area contributed by atoms with Crippen molar-refractivity contribution >= 4 is 45.0 Å². The second-order valence-electron chi connectivity index (χ2n) is 19.5. The Morgan fingerprint density at radius 3 is 1.27 bits per heavy atom. The maximum atomic E-state index is 13.7. The first-order valence-electron chi connectivity index (χ1n) is 26.3. The van der Waals surface area contributed by atoms with Crippen molar-refractivity contribution in [2.75, 3.05) is 13.2 Å². The molecule has 0 spiro atoms. The number of hydrogen-bond acceptors (Lipinski definition) is 15. The van der Waals surface area contributed by atoms with Crippen molar-refractivity contribution < 1.29 is 52.3 Å². The Hall–Kier alpha value is -10.4. The number of nitrogens with zero attached hydrogens (tertiary/aromatic N) is 2. The van der Waals surface area contributed by atoms with Crippen LogP contribution in [-0.2, 0) is 48.5 Å². The zero-order valence-electron chi connectivity index (χ0n) is 46.5. The highest BCUT2D eigenvalue weighted by molar-refractivity contribution is 6.32. The Labute approximate surface area is 476 Å². The fourth-order valence-electron chi connectivity index (χ4n) is 8.63. The predicted octanol–water partition coefficient (Wildman–Crippen LogP) is 11.4. The number of ketones is 2. The van der Waals surface area contributed by atoms with Crippen molar-refractivity contribution in [1.82, 2.24) is 9.13 Å². The second kappa shape index (κ2) is 26.2. The van der Waals surface area contributed by atoms with Gasteiger partial charge in [-0.05, 0) is 153 Å². The highest BCUT2D eigenvalue weighted by atomic mass is 16.5. The number of aromatic nitrogens is 2. The number of carbonyl (C=O) groups excluding carboxylic acids is 4. The molecule has 0 aliphatic rings. The van der Waals surface area contributed by atoms with Gasteiger partial charge < -0.3 is 33.2 Å². The molecule has 2 aromatic heterocycles. The van der Waals surface area contributed by atoms with Crippen LogP contribution in [0, 0.1) is 6.92 Å². The summed E-state index contributed by atoms with van der Waals surface area (Å²) in [7, 11) is 1.35. The lowest BCUT2D eigenvalue weighted by Gasteiger charge is -2.16. The summed E-state index contributed by atoms with van der Waals surface area (Å²) in [6.07, 6.45) is 2.85. The van der Waals surface area contributed by atoms with Crippen LogP contribution in [0.25, 0.3) is 38.4 Å². The van der Waals surface area contributed by atoms with Crippen molar-refractivity contribution in [3.63, 3.8) is 0 Å². The minimum Gasteiger partial charge on any atom is -0.463 e. The van der Waals surface area contributed by atoms with Crippen LogP contribution in [0.2, 0.25) is 0 Å². The van der Waals surface area contributed by atoms with E-state index >= 15 is 0 Å². The molecule has 17 heteroatoms. The first-order valence-corrected chi connectivity index (χ1v) is 26.3. The van der Waals surface area contributed by atoms with Crippen LogP contribution in [0.5, 0.6) is 46.0 Å². The Balaban J connectivity index is 0.000000255. The summed E-state index contributed by atoms with van der Waals surface area (Å²) in [5.41, 5.74) is 3.12. The summed E-state index contributed by atoms with van der Waals surface area (Å²) >= 11 is 0. The molecule has 9 aromatic rings. The molecule has 0 aliphatic heterocycles. The maximum Gasteiger partial charge on any atom is 0.374 e. The molecule has 0 radical (unpaired) electrons. The lowest BCUT2D eigenvalue weighted by atomic mass is 10.00. The van der Waals surface area contributed by atoms with Gasteiger partial charge in [-0.1, -0.05) is 67.8 Å². The number of rotatable bonds is 22. The van der Waals surface area contributed by atoms with E-state index in [1.807, 2.05) is 61.5 Å². The quantitative estimate of drug-likeness (QED) is 0.0267. The van der Waals surface area contributed by atoms with Crippen LogP contribution in [0.3, 0.4) is 0 Å². The van der Waals surface area contributed by atoms with Crippen molar-refractivity contribution in [2.45, 2.75) is 60.3 Å². The minimum absolute atomic E-state index is 0.0197. The van der Waals surface area contributed by atoms with E-state index < -0.39 is 45.7 Å². The van der Waals surface area contributed by atoms with E-state index in [4.69, 9.17) is 33.2 Å². The van der Waals surface area contributed by atoms with Gasteiger partial charge in [0.25, 0.3) is 22.2 Å². The molecule has 7 aromatic carbocycles. The van der Waals surface area contributed by atoms with Crippen LogP contribution < -0.4 is 45.9 Å². The summed E-state index contributed by atoms with van der Waals surface area (Å²) in [6, 6.07) is 42.9. The number of aryl methyl sites for hydroxylation is 3. The molecule has 0 bridgehead atoms. The van der Waals surface area contributed by atoms with E-state index in [1.54, 1.807) is 86.6 Å². The van der Waals surface area contributed by atoms with Crippen molar-refractivity contribution in [1.29, 1.82) is 0 Å². The van der Waals surface area contributed by atoms with E-state index in [0.717, 1.165) is 49.8 Å².